The minimum absolute atomic E-state index is 0.0166. The van der Waals surface area contributed by atoms with Crippen molar-refractivity contribution in [2.75, 3.05) is 23.3 Å². The lowest BCUT2D eigenvalue weighted by molar-refractivity contribution is -0.115. The number of aromatic nitrogens is 1. The molecule has 1 aromatic heterocycles. The molecule has 2 rings (SSSR count). The van der Waals surface area contributed by atoms with Crippen LogP contribution in [0, 0.1) is 18.6 Å². The van der Waals surface area contributed by atoms with Crippen LogP contribution in [0.5, 0.6) is 0 Å². The topological polar surface area (TPSA) is 45.2 Å². The summed E-state index contributed by atoms with van der Waals surface area (Å²) in [5.74, 6) is -2.08. The van der Waals surface area contributed by atoms with Crippen molar-refractivity contribution >= 4 is 28.1 Å². The Morgan fingerprint density at radius 3 is 2.57 bits per heavy atom. The van der Waals surface area contributed by atoms with E-state index in [-0.39, 0.29) is 6.54 Å². The lowest BCUT2D eigenvalue weighted by atomic mass is 10.3. The van der Waals surface area contributed by atoms with Crippen molar-refractivity contribution in [3.63, 3.8) is 0 Å². The normalized spacial score (nSPS) is 10.5. The van der Waals surface area contributed by atoms with Crippen molar-refractivity contribution in [2.45, 2.75) is 13.8 Å². The number of benzene rings is 1. The molecule has 7 heteroatoms. The standard InChI is InChI=1S/C14H15F2N3OS/c1-3-19(14-17-7-9(2)21-14)8-12(20)18-13-10(15)5-4-6-11(13)16/h4-7H,3,8H2,1-2H3,(H,18,20). The van der Waals surface area contributed by atoms with E-state index < -0.39 is 23.2 Å². The van der Waals surface area contributed by atoms with Gasteiger partial charge in [0.15, 0.2) is 5.13 Å². The number of nitrogens with zero attached hydrogens (tertiary/aromatic N) is 2. The van der Waals surface area contributed by atoms with Gasteiger partial charge in [-0.1, -0.05) is 6.07 Å². The van der Waals surface area contributed by atoms with Crippen LogP contribution in [0.4, 0.5) is 19.6 Å². The Hall–Kier alpha value is -2.02. The van der Waals surface area contributed by atoms with Gasteiger partial charge in [0.05, 0.1) is 6.54 Å². The van der Waals surface area contributed by atoms with Gasteiger partial charge >= 0.3 is 0 Å². The molecule has 112 valence electrons. The predicted molar refractivity (Wildman–Crippen MR) is 79.7 cm³/mol. The minimum Gasteiger partial charge on any atom is -0.339 e. The van der Waals surface area contributed by atoms with E-state index in [4.69, 9.17) is 0 Å². The lowest BCUT2D eigenvalue weighted by Gasteiger charge is -2.19. The smallest absolute Gasteiger partial charge is 0.244 e. The molecular formula is C14H15F2N3OS. The van der Waals surface area contributed by atoms with Crippen LogP contribution >= 0.6 is 11.3 Å². The number of halogens is 2. The van der Waals surface area contributed by atoms with Crippen molar-refractivity contribution < 1.29 is 13.6 Å². The average Bonchev–Trinajstić information content (AvgIpc) is 2.87. The summed E-state index contributed by atoms with van der Waals surface area (Å²) in [7, 11) is 0. The highest BCUT2D eigenvalue weighted by Crippen LogP contribution is 2.22. The number of hydrogen-bond donors (Lipinski definition) is 1. The summed E-state index contributed by atoms with van der Waals surface area (Å²) in [5, 5.41) is 2.97. The van der Waals surface area contributed by atoms with Crippen LogP contribution in [-0.4, -0.2) is 24.0 Å². The Labute approximate surface area is 125 Å². The molecule has 2 aromatic rings. The molecule has 0 aliphatic rings. The number of thiazole rings is 1. The summed E-state index contributed by atoms with van der Waals surface area (Å²) in [6.45, 7) is 4.36. The quantitative estimate of drug-likeness (QED) is 0.922. The zero-order chi connectivity index (χ0) is 15.4. The van der Waals surface area contributed by atoms with Crippen molar-refractivity contribution in [3.8, 4) is 0 Å². The van der Waals surface area contributed by atoms with Crippen LogP contribution < -0.4 is 10.2 Å². The van der Waals surface area contributed by atoms with E-state index in [1.54, 1.807) is 11.1 Å². The predicted octanol–water partition coefficient (Wildman–Crippen LogP) is 3.19. The van der Waals surface area contributed by atoms with E-state index in [1.807, 2.05) is 13.8 Å². The molecule has 0 bridgehead atoms. The maximum atomic E-state index is 13.5. The molecule has 1 heterocycles. The second-order valence-electron chi connectivity index (χ2n) is 4.41. The number of para-hydroxylation sites is 1. The van der Waals surface area contributed by atoms with Gasteiger partial charge < -0.3 is 10.2 Å². The van der Waals surface area contributed by atoms with Gasteiger partial charge in [-0.2, -0.15) is 0 Å². The van der Waals surface area contributed by atoms with E-state index in [0.717, 1.165) is 17.0 Å². The molecule has 1 aromatic carbocycles. The third kappa shape index (κ3) is 3.75. The summed E-state index contributed by atoms with van der Waals surface area (Å²) in [6, 6.07) is 3.44. The summed E-state index contributed by atoms with van der Waals surface area (Å²) in [5.41, 5.74) is -0.422. The van der Waals surface area contributed by atoms with Gasteiger partial charge in [0.2, 0.25) is 5.91 Å². The van der Waals surface area contributed by atoms with E-state index in [2.05, 4.69) is 10.3 Å². The fourth-order valence-electron chi connectivity index (χ4n) is 1.77. The molecule has 0 fully saturated rings. The zero-order valence-corrected chi connectivity index (χ0v) is 12.5. The van der Waals surface area contributed by atoms with Crippen LogP contribution in [0.2, 0.25) is 0 Å². The maximum Gasteiger partial charge on any atom is 0.244 e. The van der Waals surface area contributed by atoms with Crippen LogP contribution in [0.3, 0.4) is 0 Å². The lowest BCUT2D eigenvalue weighted by Crippen LogP contribution is -2.33. The SMILES string of the molecule is CCN(CC(=O)Nc1c(F)cccc1F)c1ncc(C)s1. The van der Waals surface area contributed by atoms with Gasteiger partial charge in [-0.05, 0) is 26.0 Å². The molecule has 0 aliphatic carbocycles. The van der Waals surface area contributed by atoms with E-state index in [0.29, 0.717) is 11.7 Å². The average molecular weight is 311 g/mol. The van der Waals surface area contributed by atoms with Crippen LogP contribution in [0.15, 0.2) is 24.4 Å². The molecule has 4 nitrogen and oxygen atoms in total. The van der Waals surface area contributed by atoms with Gasteiger partial charge in [0.25, 0.3) is 0 Å². The fourth-order valence-corrected chi connectivity index (χ4v) is 2.59. The molecule has 0 saturated carbocycles. The minimum atomic E-state index is -0.795. The molecule has 0 atom stereocenters. The van der Waals surface area contributed by atoms with Crippen LogP contribution in [-0.2, 0) is 4.79 Å². The Balaban J connectivity index is 2.07. The molecule has 0 aliphatic heterocycles. The fraction of sp³-hybridized carbons (Fsp3) is 0.286. The first kappa shape index (κ1) is 15.4. The highest BCUT2D eigenvalue weighted by atomic mass is 32.1. The Bertz CT molecular complexity index is 625. The van der Waals surface area contributed by atoms with Gasteiger partial charge in [0, 0.05) is 17.6 Å². The summed E-state index contributed by atoms with van der Waals surface area (Å²) in [4.78, 5) is 18.9. The number of carbonyl (C=O) groups is 1. The molecule has 0 saturated heterocycles. The van der Waals surface area contributed by atoms with Gasteiger partial charge in [-0.25, -0.2) is 13.8 Å². The Kier molecular flexibility index (Phi) is 4.85. The number of aryl methyl sites for hydroxylation is 1. The molecule has 0 spiro atoms. The second kappa shape index (κ2) is 6.62. The molecule has 1 amide bonds. The van der Waals surface area contributed by atoms with Gasteiger partial charge in [-0.15, -0.1) is 11.3 Å². The van der Waals surface area contributed by atoms with Crippen LogP contribution in [0.25, 0.3) is 0 Å². The van der Waals surface area contributed by atoms with Gasteiger partial charge in [-0.3, -0.25) is 4.79 Å². The number of rotatable bonds is 5. The highest BCUT2D eigenvalue weighted by molar-refractivity contribution is 7.15. The number of amides is 1. The maximum absolute atomic E-state index is 13.5. The van der Waals surface area contributed by atoms with Crippen molar-refractivity contribution in [2.24, 2.45) is 0 Å². The third-order valence-electron chi connectivity index (χ3n) is 2.82. The van der Waals surface area contributed by atoms with E-state index in [1.165, 1.54) is 17.4 Å². The largest absolute Gasteiger partial charge is 0.339 e. The van der Waals surface area contributed by atoms with E-state index >= 15 is 0 Å². The van der Waals surface area contributed by atoms with Crippen molar-refractivity contribution in [3.05, 3.63) is 40.9 Å². The van der Waals surface area contributed by atoms with Crippen molar-refractivity contribution in [1.82, 2.24) is 4.98 Å². The summed E-state index contributed by atoms with van der Waals surface area (Å²) < 4.78 is 27.0. The van der Waals surface area contributed by atoms with Crippen molar-refractivity contribution in [1.29, 1.82) is 0 Å². The summed E-state index contributed by atoms with van der Waals surface area (Å²) >= 11 is 1.46. The Morgan fingerprint density at radius 2 is 2.05 bits per heavy atom. The monoisotopic (exact) mass is 311 g/mol. The number of likely N-dealkylation sites (N-methyl/N-ethyl adjacent to an activating group) is 1. The Morgan fingerprint density at radius 1 is 1.38 bits per heavy atom. The van der Waals surface area contributed by atoms with Crippen LogP contribution in [0.1, 0.15) is 11.8 Å². The highest BCUT2D eigenvalue weighted by Gasteiger charge is 2.16. The van der Waals surface area contributed by atoms with Gasteiger partial charge in [0.1, 0.15) is 17.3 Å². The number of nitrogens with one attached hydrogen (secondary N) is 1. The molecule has 1 N–H and O–H groups in total. The molecular weight excluding hydrogens is 296 g/mol. The first-order valence-electron chi connectivity index (χ1n) is 6.42. The first-order valence-corrected chi connectivity index (χ1v) is 7.24. The molecule has 21 heavy (non-hydrogen) atoms. The number of anilines is 2. The molecule has 0 radical (unpaired) electrons. The second-order valence-corrected chi connectivity index (χ2v) is 5.63. The van der Waals surface area contributed by atoms with E-state index in [9.17, 15) is 13.6 Å². The summed E-state index contributed by atoms with van der Waals surface area (Å²) in [6.07, 6.45) is 1.72. The zero-order valence-electron chi connectivity index (χ0n) is 11.7. The number of hydrogen-bond acceptors (Lipinski definition) is 4. The molecule has 0 unspecified atom stereocenters. The first-order chi connectivity index (χ1) is 10.0. The third-order valence-corrected chi connectivity index (χ3v) is 3.80. The number of carbonyl (C=O) groups excluding carboxylic acids is 1.